The van der Waals surface area contributed by atoms with Crippen LogP contribution in [0.15, 0.2) is 54.6 Å². The van der Waals surface area contributed by atoms with E-state index in [1.54, 1.807) is 54.6 Å². The third-order valence-electron chi connectivity index (χ3n) is 2.79. The van der Waals surface area contributed by atoms with E-state index in [0.29, 0.717) is 11.3 Å². The molecule has 0 aromatic heterocycles. The van der Waals surface area contributed by atoms with Crippen molar-refractivity contribution in [2.75, 3.05) is 5.32 Å². The first-order chi connectivity index (χ1) is 10.0. The van der Waals surface area contributed by atoms with Crippen molar-refractivity contribution in [1.82, 2.24) is 0 Å². The summed E-state index contributed by atoms with van der Waals surface area (Å²) in [6.45, 7) is 1.42. The fraction of sp³-hybridized carbons (Fsp3) is 0.0588. The van der Waals surface area contributed by atoms with E-state index in [4.69, 9.17) is 0 Å². The number of allylic oxidation sites excluding steroid dienone is 1. The third kappa shape index (κ3) is 4.31. The Balaban J connectivity index is 2.12. The Morgan fingerprint density at radius 3 is 2.48 bits per heavy atom. The van der Waals surface area contributed by atoms with E-state index >= 15 is 0 Å². The lowest BCUT2D eigenvalue weighted by molar-refractivity contribution is -0.114. The predicted molar refractivity (Wildman–Crippen MR) is 82.2 cm³/mol. The summed E-state index contributed by atoms with van der Waals surface area (Å²) in [4.78, 5) is 23.1. The van der Waals surface area contributed by atoms with Crippen molar-refractivity contribution in [3.05, 3.63) is 65.7 Å². The van der Waals surface area contributed by atoms with Gasteiger partial charge in [0.15, 0.2) is 5.78 Å². The van der Waals surface area contributed by atoms with Crippen LogP contribution in [0, 0.1) is 0 Å². The molecule has 0 saturated heterocycles. The van der Waals surface area contributed by atoms with E-state index in [1.165, 1.54) is 13.0 Å². The molecule has 0 saturated carbocycles. The van der Waals surface area contributed by atoms with Gasteiger partial charge in [0.05, 0.1) is 0 Å². The topological polar surface area (TPSA) is 66.4 Å². The van der Waals surface area contributed by atoms with E-state index < -0.39 is 0 Å². The highest BCUT2D eigenvalue weighted by molar-refractivity contribution is 6.07. The molecule has 106 valence electrons. The summed E-state index contributed by atoms with van der Waals surface area (Å²) in [5.41, 5.74) is 1.90. The molecule has 1 amide bonds. The highest BCUT2D eigenvalue weighted by Crippen LogP contribution is 2.14. The van der Waals surface area contributed by atoms with Crippen LogP contribution in [0.25, 0.3) is 6.08 Å². The van der Waals surface area contributed by atoms with Gasteiger partial charge in [-0.15, -0.1) is 0 Å². The first kappa shape index (κ1) is 14.5. The number of ketones is 1. The molecule has 2 rings (SSSR count). The van der Waals surface area contributed by atoms with E-state index in [-0.39, 0.29) is 17.4 Å². The zero-order valence-electron chi connectivity index (χ0n) is 11.5. The number of benzene rings is 2. The van der Waals surface area contributed by atoms with Gasteiger partial charge >= 0.3 is 0 Å². The highest BCUT2D eigenvalue weighted by Gasteiger charge is 2.03. The van der Waals surface area contributed by atoms with E-state index in [1.807, 2.05) is 0 Å². The van der Waals surface area contributed by atoms with Gasteiger partial charge in [-0.05, 0) is 35.9 Å². The van der Waals surface area contributed by atoms with Gasteiger partial charge in [-0.1, -0.05) is 30.3 Å². The van der Waals surface area contributed by atoms with Gasteiger partial charge in [0.25, 0.3) is 0 Å². The van der Waals surface area contributed by atoms with E-state index in [0.717, 1.165) is 5.56 Å². The van der Waals surface area contributed by atoms with Crippen molar-refractivity contribution in [1.29, 1.82) is 0 Å². The molecule has 0 bridgehead atoms. The molecule has 0 radical (unpaired) electrons. The van der Waals surface area contributed by atoms with Gasteiger partial charge in [-0.25, -0.2) is 0 Å². The summed E-state index contributed by atoms with van der Waals surface area (Å²) in [5.74, 6) is -0.156. The van der Waals surface area contributed by atoms with Crippen LogP contribution in [0.2, 0.25) is 0 Å². The minimum atomic E-state index is -0.181. The summed E-state index contributed by atoms with van der Waals surface area (Å²) < 4.78 is 0. The fourth-order valence-electron chi connectivity index (χ4n) is 1.81. The maximum Gasteiger partial charge on any atom is 0.221 e. The van der Waals surface area contributed by atoms with Crippen LogP contribution in [0.3, 0.4) is 0 Å². The van der Waals surface area contributed by atoms with Crippen LogP contribution < -0.4 is 5.32 Å². The molecule has 0 aliphatic carbocycles. The number of hydrogen-bond donors (Lipinski definition) is 2. The monoisotopic (exact) mass is 281 g/mol. The van der Waals surface area contributed by atoms with Crippen molar-refractivity contribution >= 4 is 23.5 Å². The number of hydrogen-bond acceptors (Lipinski definition) is 3. The average Bonchev–Trinajstić information content (AvgIpc) is 2.46. The van der Waals surface area contributed by atoms with Gasteiger partial charge in [-0.3, -0.25) is 9.59 Å². The standard InChI is InChI=1S/C17H15NO3/c1-12(19)18-15-4-2-3-14(11-15)17(21)10-7-13-5-8-16(20)9-6-13/h2-11,20H,1H3,(H,18,19)/b10-7+. The second-order valence-electron chi connectivity index (χ2n) is 4.55. The Kier molecular flexibility index (Phi) is 4.51. The largest absolute Gasteiger partial charge is 0.508 e. The first-order valence-electron chi connectivity index (χ1n) is 6.44. The molecular formula is C17H15NO3. The number of carbonyl (C=O) groups is 2. The quantitative estimate of drug-likeness (QED) is 0.668. The molecule has 2 aromatic rings. The molecule has 0 aliphatic rings. The number of amides is 1. The molecule has 0 spiro atoms. The number of phenols is 1. The molecular weight excluding hydrogens is 266 g/mol. The SMILES string of the molecule is CC(=O)Nc1cccc(C(=O)/C=C/c2ccc(O)cc2)c1. The lowest BCUT2D eigenvalue weighted by Crippen LogP contribution is -2.06. The molecule has 2 N–H and O–H groups in total. The smallest absolute Gasteiger partial charge is 0.221 e. The maximum atomic E-state index is 12.1. The van der Waals surface area contributed by atoms with Gasteiger partial charge < -0.3 is 10.4 Å². The summed E-state index contributed by atoms with van der Waals surface area (Å²) in [6.07, 6.45) is 3.13. The fourth-order valence-corrected chi connectivity index (χ4v) is 1.81. The predicted octanol–water partition coefficient (Wildman–Crippen LogP) is 3.25. The van der Waals surface area contributed by atoms with Crippen molar-refractivity contribution < 1.29 is 14.7 Å². The Labute approximate surface area is 122 Å². The second kappa shape index (κ2) is 6.52. The zero-order valence-corrected chi connectivity index (χ0v) is 11.5. The molecule has 0 heterocycles. The first-order valence-corrected chi connectivity index (χ1v) is 6.44. The number of anilines is 1. The zero-order chi connectivity index (χ0) is 15.2. The molecule has 2 aromatic carbocycles. The molecule has 0 aliphatic heterocycles. The van der Waals surface area contributed by atoms with Crippen molar-refractivity contribution in [2.24, 2.45) is 0 Å². The van der Waals surface area contributed by atoms with Crippen LogP contribution >= 0.6 is 0 Å². The molecule has 0 atom stereocenters. The normalized spacial score (nSPS) is 10.5. The minimum Gasteiger partial charge on any atom is -0.508 e. The summed E-state index contributed by atoms with van der Waals surface area (Å²) >= 11 is 0. The highest BCUT2D eigenvalue weighted by atomic mass is 16.3. The van der Waals surface area contributed by atoms with Gasteiger partial charge in [0, 0.05) is 18.2 Å². The van der Waals surface area contributed by atoms with Gasteiger partial charge in [0.1, 0.15) is 5.75 Å². The Morgan fingerprint density at radius 1 is 1.10 bits per heavy atom. The second-order valence-corrected chi connectivity index (χ2v) is 4.55. The number of carbonyl (C=O) groups excluding carboxylic acids is 2. The van der Waals surface area contributed by atoms with Crippen LogP contribution in [-0.2, 0) is 4.79 Å². The lowest BCUT2D eigenvalue weighted by atomic mass is 10.1. The van der Waals surface area contributed by atoms with E-state index in [9.17, 15) is 14.7 Å². The van der Waals surface area contributed by atoms with Crippen LogP contribution in [0.1, 0.15) is 22.8 Å². The molecule has 21 heavy (non-hydrogen) atoms. The van der Waals surface area contributed by atoms with Crippen LogP contribution in [-0.4, -0.2) is 16.8 Å². The van der Waals surface area contributed by atoms with Crippen LogP contribution in [0.5, 0.6) is 5.75 Å². The molecule has 4 nitrogen and oxygen atoms in total. The third-order valence-corrected chi connectivity index (χ3v) is 2.79. The molecule has 4 heteroatoms. The number of nitrogens with one attached hydrogen (secondary N) is 1. The number of phenolic OH excluding ortho intramolecular Hbond substituents is 1. The average molecular weight is 281 g/mol. The lowest BCUT2D eigenvalue weighted by Gasteiger charge is -2.03. The van der Waals surface area contributed by atoms with Crippen LogP contribution in [0.4, 0.5) is 5.69 Å². The molecule has 0 fully saturated rings. The van der Waals surface area contributed by atoms with E-state index in [2.05, 4.69) is 5.32 Å². The number of rotatable bonds is 4. The minimum absolute atomic E-state index is 0.157. The van der Waals surface area contributed by atoms with Crippen molar-refractivity contribution in [2.45, 2.75) is 6.92 Å². The summed E-state index contributed by atoms with van der Waals surface area (Å²) in [5, 5.41) is 11.8. The number of aromatic hydroxyl groups is 1. The Morgan fingerprint density at radius 2 is 1.81 bits per heavy atom. The summed E-state index contributed by atoms with van der Waals surface area (Å²) in [7, 11) is 0. The van der Waals surface area contributed by atoms with Gasteiger partial charge in [0.2, 0.25) is 5.91 Å². The summed E-state index contributed by atoms with van der Waals surface area (Å²) in [6, 6.07) is 13.3. The maximum absolute atomic E-state index is 12.1. The van der Waals surface area contributed by atoms with Gasteiger partial charge in [-0.2, -0.15) is 0 Å². The molecule has 0 unspecified atom stereocenters. The van der Waals surface area contributed by atoms with Crippen molar-refractivity contribution in [3.63, 3.8) is 0 Å². The van der Waals surface area contributed by atoms with Crippen molar-refractivity contribution in [3.8, 4) is 5.75 Å². The Bertz CT molecular complexity index is 687. The Hall–Kier alpha value is -2.88.